The Kier molecular flexibility index (Phi) is 21.1. The maximum atomic E-state index is 11.1. The molecule has 0 saturated heterocycles. The van der Waals surface area contributed by atoms with Crippen molar-refractivity contribution >= 4 is 102 Å². The lowest BCUT2D eigenvalue weighted by Crippen LogP contribution is -2.22. The van der Waals surface area contributed by atoms with Gasteiger partial charge in [0.15, 0.2) is 11.7 Å². The summed E-state index contributed by atoms with van der Waals surface area (Å²) in [6.45, 7) is 2.45. The van der Waals surface area contributed by atoms with Gasteiger partial charge in [0.2, 0.25) is 13.6 Å². The lowest BCUT2D eigenvalue weighted by atomic mass is 10.1. The number of carboxylic acids is 1. The Morgan fingerprint density at radius 2 is 1.28 bits per heavy atom. The number of rotatable bonds is 25. The number of aliphatic imine (C=N–C) groups is 1. The molecule has 0 fully saturated rings. The highest BCUT2D eigenvalue weighted by atomic mass is 127. The average molecular weight is 1150 g/mol. The lowest BCUT2D eigenvalue weighted by Gasteiger charge is -2.15. The van der Waals surface area contributed by atoms with Crippen molar-refractivity contribution in [1.82, 2.24) is 5.32 Å². The minimum Gasteiger partial charge on any atom is -0.491 e. The third kappa shape index (κ3) is 17.3. The average Bonchev–Trinajstić information content (AvgIpc) is 3.06. The molecule has 19 heteroatoms. The van der Waals surface area contributed by atoms with Crippen LogP contribution in [-0.2, 0) is 47.1 Å². The topological polar surface area (TPSA) is 197 Å². The first-order chi connectivity index (χ1) is 24.1. The van der Waals surface area contributed by atoms with Crippen LogP contribution < -0.4 is 31.0 Å². The van der Waals surface area contributed by atoms with Crippen LogP contribution in [0.3, 0.4) is 0 Å². The second kappa shape index (κ2) is 24.6. The van der Waals surface area contributed by atoms with Gasteiger partial charge in [0, 0.05) is 6.54 Å². The molecule has 3 aromatic carbocycles. The second-order valence-corrected chi connectivity index (χ2v) is 14.5. The number of nitrogens with two attached hydrogens (primary N) is 2. The van der Waals surface area contributed by atoms with Crippen LogP contribution >= 0.6 is 90.4 Å². The molecule has 0 heterocycles. The Bertz CT molecular complexity index is 1470. The van der Waals surface area contributed by atoms with Crippen molar-refractivity contribution in [2.45, 2.75) is 19.4 Å². The number of nitrogens with zero attached hydrogens (tertiary/aromatic N) is 1. The van der Waals surface area contributed by atoms with Crippen molar-refractivity contribution < 1.29 is 53.4 Å². The summed E-state index contributed by atoms with van der Waals surface area (Å²) in [6.07, 6.45) is 0.748. The van der Waals surface area contributed by atoms with E-state index in [2.05, 4.69) is 101 Å². The van der Waals surface area contributed by atoms with Crippen LogP contribution in [0.5, 0.6) is 23.0 Å². The number of hydrogen-bond donors (Lipinski definition) is 4. The normalized spacial score (nSPS) is 11.0. The van der Waals surface area contributed by atoms with Crippen LogP contribution in [0.4, 0.5) is 0 Å². The molecule has 0 aliphatic rings. The fourth-order valence-electron chi connectivity index (χ4n) is 3.81. The summed E-state index contributed by atoms with van der Waals surface area (Å²) in [6, 6.07) is 14.8. The molecule has 3 aromatic rings. The molecule has 0 saturated carbocycles. The van der Waals surface area contributed by atoms with E-state index in [0.29, 0.717) is 43.6 Å². The van der Waals surface area contributed by atoms with E-state index in [-0.39, 0.29) is 39.2 Å². The largest absolute Gasteiger partial charge is 0.491 e. The van der Waals surface area contributed by atoms with Crippen molar-refractivity contribution in [3.8, 4) is 23.0 Å². The Hall–Kier alpha value is -1.56. The van der Waals surface area contributed by atoms with Gasteiger partial charge in [-0.05, 0) is 151 Å². The van der Waals surface area contributed by atoms with Crippen LogP contribution in [0.1, 0.15) is 17.5 Å². The number of nitrogens with one attached hydrogen (secondary N) is 1. The van der Waals surface area contributed by atoms with Gasteiger partial charge in [-0.2, -0.15) is 0 Å². The van der Waals surface area contributed by atoms with Gasteiger partial charge in [-0.3, -0.25) is 4.79 Å². The highest BCUT2D eigenvalue weighted by Gasteiger charge is 2.15. The number of halogens is 4. The van der Waals surface area contributed by atoms with Crippen molar-refractivity contribution in [3.05, 3.63) is 73.9 Å². The Balaban J connectivity index is 1.15. The first kappa shape index (κ1) is 42.8. The van der Waals surface area contributed by atoms with Crippen LogP contribution in [-0.4, -0.2) is 70.1 Å². The van der Waals surface area contributed by atoms with Crippen molar-refractivity contribution in [3.63, 3.8) is 0 Å². The Labute approximate surface area is 343 Å². The molecule has 50 heavy (non-hydrogen) atoms. The molecule has 0 radical (unpaired) electrons. The molecule has 0 spiro atoms. The molecule has 3 rings (SSSR count). The van der Waals surface area contributed by atoms with Gasteiger partial charge in [0.25, 0.3) is 0 Å². The molecule has 15 nitrogen and oxygen atoms in total. The number of guanidine groups is 1. The van der Waals surface area contributed by atoms with Gasteiger partial charge in [-0.25, -0.2) is 34.3 Å². The van der Waals surface area contributed by atoms with E-state index in [1.54, 1.807) is 0 Å². The minimum absolute atomic E-state index is 0.0338. The quantitative estimate of drug-likeness (QED) is 0.0158. The molecule has 0 aliphatic carbocycles. The SMILES string of the molecule is NC(N)=NCc1ccc(OCCOOCOOCOOCCNCCCOc2c(I)cc(Oc3c(I)cc(CC(=O)O)cc3I)cc2I)cc1. The monoisotopic (exact) mass is 1150 g/mol. The molecule has 0 unspecified atom stereocenters. The van der Waals surface area contributed by atoms with Crippen LogP contribution in [0.25, 0.3) is 0 Å². The van der Waals surface area contributed by atoms with E-state index in [1.807, 2.05) is 48.5 Å². The molecular formula is C31H36I4N4O11. The van der Waals surface area contributed by atoms with E-state index in [1.165, 1.54) is 0 Å². The van der Waals surface area contributed by atoms with Crippen molar-refractivity contribution in [2.75, 3.05) is 53.1 Å². The summed E-state index contributed by atoms with van der Waals surface area (Å²) in [7, 11) is 0. The smallest absolute Gasteiger partial charge is 0.307 e. The maximum Gasteiger partial charge on any atom is 0.307 e. The highest BCUT2D eigenvalue weighted by molar-refractivity contribution is 14.1. The van der Waals surface area contributed by atoms with Crippen LogP contribution in [0.2, 0.25) is 0 Å². The fourth-order valence-corrected chi connectivity index (χ4v) is 7.95. The summed E-state index contributed by atoms with van der Waals surface area (Å²) < 4.78 is 21.3. The zero-order valence-corrected chi connectivity index (χ0v) is 35.2. The van der Waals surface area contributed by atoms with Crippen molar-refractivity contribution in [2.24, 2.45) is 16.5 Å². The summed E-state index contributed by atoms with van der Waals surface area (Å²) in [5.41, 5.74) is 12.3. The highest BCUT2D eigenvalue weighted by Crippen LogP contribution is 2.37. The third-order valence-corrected chi connectivity index (χ3v) is 9.16. The first-order valence-corrected chi connectivity index (χ1v) is 19.1. The molecule has 274 valence electrons. The van der Waals surface area contributed by atoms with Gasteiger partial charge in [-0.15, -0.1) is 0 Å². The summed E-state index contributed by atoms with van der Waals surface area (Å²) in [4.78, 5) is 44.2. The minimum atomic E-state index is -0.870. The van der Waals surface area contributed by atoms with Crippen LogP contribution in [0.15, 0.2) is 53.5 Å². The first-order valence-electron chi connectivity index (χ1n) is 14.8. The lowest BCUT2D eigenvalue weighted by molar-refractivity contribution is -0.464. The van der Waals surface area contributed by atoms with Gasteiger partial charge < -0.3 is 36.1 Å². The van der Waals surface area contributed by atoms with Crippen molar-refractivity contribution in [1.29, 1.82) is 0 Å². The van der Waals surface area contributed by atoms with E-state index >= 15 is 0 Å². The van der Waals surface area contributed by atoms with E-state index in [4.69, 9.17) is 60.1 Å². The number of carbonyl (C=O) groups is 1. The molecule has 0 aliphatic heterocycles. The Morgan fingerprint density at radius 3 is 1.90 bits per heavy atom. The van der Waals surface area contributed by atoms with Gasteiger partial charge in [0.05, 0.1) is 40.5 Å². The van der Waals surface area contributed by atoms with Gasteiger partial charge in [0.1, 0.15) is 30.5 Å². The number of ether oxygens (including phenoxy) is 3. The fraction of sp³-hybridized carbons (Fsp3) is 0.355. The maximum absolute atomic E-state index is 11.1. The number of hydrogen-bond acceptors (Lipinski definition) is 12. The van der Waals surface area contributed by atoms with Gasteiger partial charge >= 0.3 is 5.97 Å². The number of aliphatic carboxylic acids is 1. The predicted molar refractivity (Wildman–Crippen MR) is 216 cm³/mol. The second-order valence-electron chi connectivity index (χ2n) is 9.81. The number of benzene rings is 3. The van der Waals surface area contributed by atoms with Crippen LogP contribution in [0, 0.1) is 14.3 Å². The zero-order valence-electron chi connectivity index (χ0n) is 26.5. The standard InChI is InChI=1S/C31H36I4N4O11/c32-24-12-21(14-28(40)41)13-25(33)30(24)50-23-15-26(34)29(27(35)16-23)43-8-1-6-38-7-9-44-46-18-48-49-19-47-45-11-10-42-22-4-2-20(3-5-22)17-39-31(36)37/h2-5,12-13,15-16,38H,1,6-11,14,17-19H2,(H,40,41)(H4,36,37,39). The molecule has 0 amide bonds. The summed E-state index contributed by atoms with van der Waals surface area (Å²) in [5.74, 6) is 2.01. The number of carboxylic acid groups (broad SMARTS) is 1. The van der Waals surface area contributed by atoms with E-state index in [9.17, 15) is 4.79 Å². The molecule has 6 N–H and O–H groups in total. The summed E-state index contributed by atoms with van der Waals surface area (Å²) >= 11 is 8.79. The zero-order chi connectivity index (χ0) is 36.1. The molecule has 0 bridgehead atoms. The Morgan fingerprint density at radius 1 is 0.680 bits per heavy atom. The molecule has 0 aromatic heterocycles. The van der Waals surface area contributed by atoms with E-state index < -0.39 is 5.97 Å². The predicted octanol–water partition coefficient (Wildman–Crippen LogP) is 5.49. The molecule has 0 atom stereocenters. The third-order valence-electron chi connectivity index (χ3n) is 5.96. The molecular weight excluding hydrogens is 1110 g/mol. The van der Waals surface area contributed by atoms with E-state index in [0.717, 1.165) is 44.1 Å². The summed E-state index contributed by atoms with van der Waals surface area (Å²) in [5, 5.41) is 12.3. The van der Waals surface area contributed by atoms with Gasteiger partial charge in [-0.1, -0.05) is 12.1 Å².